The van der Waals surface area contributed by atoms with Crippen LogP contribution in [0.1, 0.15) is 25.8 Å². The zero-order chi connectivity index (χ0) is 15.0. The van der Waals surface area contributed by atoms with Crippen LogP contribution < -0.4 is 0 Å². The molecule has 0 aromatic heterocycles. The van der Waals surface area contributed by atoms with E-state index in [4.69, 9.17) is 9.47 Å². The van der Waals surface area contributed by atoms with Crippen molar-refractivity contribution in [2.75, 3.05) is 13.7 Å². The van der Waals surface area contributed by atoms with E-state index in [0.29, 0.717) is 6.61 Å². The summed E-state index contributed by atoms with van der Waals surface area (Å²) in [6.07, 6.45) is 1.55. The largest absolute Gasteiger partial charge is 0.466 e. The van der Waals surface area contributed by atoms with Gasteiger partial charge in [0.1, 0.15) is 0 Å². The smallest absolute Gasteiger partial charge is 0.334 e. The third-order valence-corrected chi connectivity index (χ3v) is 2.50. The molecular formula is C16H20O4. The highest BCUT2D eigenvalue weighted by atomic mass is 16.5. The number of carbonyl (C=O) groups is 2. The lowest BCUT2D eigenvalue weighted by atomic mass is 10.1. The van der Waals surface area contributed by atoms with Crippen LogP contribution in [0.15, 0.2) is 35.9 Å². The van der Waals surface area contributed by atoms with Gasteiger partial charge in [0.2, 0.25) is 0 Å². The Kier molecular flexibility index (Phi) is 6.50. The number of carbonyl (C=O) groups excluding carboxylic acids is 2. The number of hydrogen-bond acceptors (Lipinski definition) is 4. The Hall–Kier alpha value is -2.10. The van der Waals surface area contributed by atoms with Gasteiger partial charge in [0.15, 0.2) is 0 Å². The Labute approximate surface area is 119 Å². The van der Waals surface area contributed by atoms with Gasteiger partial charge in [-0.05, 0) is 17.6 Å². The van der Waals surface area contributed by atoms with Gasteiger partial charge in [-0.2, -0.15) is 0 Å². The molecule has 0 radical (unpaired) electrons. The summed E-state index contributed by atoms with van der Waals surface area (Å²) in [6.45, 7) is 4.25. The number of benzene rings is 1. The highest BCUT2D eigenvalue weighted by molar-refractivity contribution is 5.98. The lowest BCUT2D eigenvalue weighted by Gasteiger charge is -2.08. The molecule has 0 heterocycles. The van der Waals surface area contributed by atoms with Gasteiger partial charge in [-0.3, -0.25) is 4.79 Å². The Morgan fingerprint density at radius 1 is 1.20 bits per heavy atom. The summed E-state index contributed by atoms with van der Waals surface area (Å²) in [7, 11) is 1.29. The molecule has 0 aliphatic rings. The van der Waals surface area contributed by atoms with Gasteiger partial charge in [0.25, 0.3) is 0 Å². The van der Waals surface area contributed by atoms with Crippen LogP contribution in [0.4, 0.5) is 0 Å². The molecule has 1 aromatic rings. The van der Waals surface area contributed by atoms with E-state index in [0.717, 1.165) is 5.56 Å². The lowest BCUT2D eigenvalue weighted by molar-refractivity contribution is -0.146. The summed E-state index contributed by atoms with van der Waals surface area (Å²) in [5.41, 5.74) is 1.12. The van der Waals surface area contributed by atoms with Crippen LogP contribution in [-0.4, -0.2) is 25.7 Å². The van der Waals surface area contributed by atoms with Crippen molar-refractivity contribution < 1.29 is 19.1 Å². The zero-order valence-electron chi connectivity index (χ0n) is 12.1. The fourth-order valence-corrected chi connectivity index (χ4v) is 1.53. The average molecular weight is 276 g/mol. The van der Waals surface area contributed by atoms with Crippen LogP contribution in [0.3, 0.4) is 0 Å². The number of methoxy groups -OCH3 is 1. The Bertz CT molecular complexity index is 475. The zero-order valence-corrected chi connectivity index (χ0v) is 12.1. The maximum atomic E-state index is 11.7. The van der Waals surface area contributed by atoms with E-state index in [1.54, 1.807) is 6.08 Å². The Balaban J connectivity index is 2.78. The van der Waals surface area contributed by atoms with Gasteiger partial charge < -0.3 is 9.47 Å². The lowest BCUT2D eigenvalue weighted by Crippen LogP contribution is -2.14. The van der Waals surface area contributed by atoms with Crippen LogP contribution >= 0.6 is 0 Å². The molecule has 0 bridgehead atoms. The second-order valence-corrected chi connectivity index (χ2v) is 4.83. The molecule has 0 atom stereocenters. The minimum Gasteiger partial charge on any atom is -0.466 e. The van der Waals surface area contributed by atoms with Crippen LogP contribution in [-0.2, 0) is 19.1 Å². The second kappa shape index (κ2) is 8.15. The van der Waals surface area contributed by atoms with Gasteiger partial charge in [-0.1, -0.05) is 44.2 Å². The monoisotopic (exact) mass is 276 g/mol. The van der Waals surface area contributed by atoms with Crippen LogP contribution in [0, 0.1) is 5.92 Å². The molecule has 0 saturated carbocycles. The molecule has 4 heteroatoms. The van der Waals surface area contributed by atoms with Crippen molar-refractivity contribution in [3.8, 4) is 0 Å². The van der Waals surface area contributed by atoms with E-state index in [1.165, 1.54) is 7.11 Å². The van der Waals surface area contributed by atoms with Crippen molar-refractivity contribution in [3.05, 3.63) is 41.5 Å². The van der Waals surface area contributed by atoms with Crippen molar-refractivity contribution in [1.82, 2.24) is 0 Å². The van der Waals surface area contributed by atoms with E-state index in [9.17, 15) is 9.59 Å². The summed E-state index contributed by atoms with van der Waals surface area (Å²) >= 11 is 0. The van der Waals surface area contributed by atoms with Crippen LogP contribution in [0.2, 0.25) is 0 Å². The normalized spacial score (nSPS) is 11.3. The Morgan fingerprint density at radius 2 is 1.85 bits per heavy atom. The topological polar surface area (TPSA) is 52.6 Å². The molecule has 4 nitrogen and oxygen atoms in total. The number of esters is 2. The van der Waals surface area contributed by atoms with Crippen molar-refractivity contribution in [3.63, 3.8) is 0 Å². The summed E-state index contributed by atoms with van der Waals surface area (Å²) < 4.78 is 9.77. The first-order valence-electron chi connectivity index (χ1n) is 6.52. The van der Waals surface area contributed by atoms with Gasteiger partial charge in [0.05, 0.1) is 20.1 Å². The van der Waals surface area contributed by atoms with E-state index >= 15 is 0 Å². The van der Waals surface area contributed by atoms with E-state index < -0.39 is 11.9 Å². The molecule has 20 heavy (non-hydrogen) atoms. The summed E-state index contributed by atoms with van der Waals surface area (Å²) in [5, 5.41) is 0. The number of hydrogen-bond donors (Lipinski definition) is 0. The molecule has 0 aliphatic carbocycles. The van der Waals surface area contributed by atoms with Gasteiger partial charge >= 0.3 is 11.9 Å². The fourth-order valence-electron chi connectivity index (χ4n) is 1.53. The number of ether oxygens (including phenoxy) is 2. The molecule has 0 spiro atoms. The minimum absolute atomic E-state index is 0.0890. The molecule has 0 amide bonds. The molecule has 0 aliphatic heterocycles. The average Bonchev–Trinajstić information content (AvgIpc) is 2.44. The molecule has 1 aromatic carbocycles. The maximum Gasteiger partial charge on any atom is 0.334 e. The molecule has 108 valence electrons. The first-order valence-corrected chi connectivity index (χ1v) is 6.52. The van der Waals surface area contributed by atoms with Gasteiger partial charge in [-0.25, -0.2) is 4.79 Å². The second-order valence-electron chi connectivity index (χ2n) is 4.83. The maximum absolute atomic E-state index is 11.7. The van der Waals surface area contributed by atoms with E-state index in [1.807, 2.05) is 44.2 Å². The molecular weight excluding hydrogens is 256 g/mol. The molecule has 0 N–H and O–H groups in total. The van der Waals surface area contributed by atoms with Crippen LogP contribution in [0.25, 0.3) is 6.08 Å². The highest BCUT2D eigenvalue weighted by Gasteiger charge is 2.16. The quantitative estimate of drug-likeness (QED) is 0.592. The summed E-state index contributed by atoms with van der Waals surface area (Å²) in [6, 6.07) is 9.30. The first kappa shape index (κ1) is 16.0. The van der Waals surface area contributed by atoms with Crippen molar-refractivity contribution in [1.29, 1.82) is 0 Å². The van der Waals surface area contributed by atoms with Crippen molar-refractivity contribution in [2.45, 2.75) is 20.3 Å². The molecule has 0 unspecified atom stereocenters. The van der Waals surface area contributed by atoms with E-state index in [-0.39, 0.29) is 17.9 Å². The molecule has 1 rings (SSSR count). The molecule has 0 fully saturated rings. The van der Waals surface area contributed by atoms with E-state index in [2.05, 4.69) is 0 Å². The van der Waals surface area contributed by atoms with Gasteiger partial charge in [0, 0.05) is 5.57 Å². The first-order chi connectivity index (χ1) is 9.52. The van der Waals surface area contributed by atoms with Gasteiger partial charge in [-0.15, -0.1) is 0 Å². The third kappa shape index (κ3) is 5.69. The number of rotatable bonds is 6. The van der Waals surface area contributed by atoms with Crippen LogP contribution in [0.5, 0.6) is 0 Å². The van der Waals surface area contributed by atoms with Crippen molar-refractivity contribution in [2.24, 2.45) is 5.92 Å². The fraction of sp³-hybridized carbons (Fsp3) is 0.375. The van der Waals surface area contributed by atoms with Crippen molar-refractivity contribution >= 4 is 18.0 Å². The summed E-state index contributed by atoms with van der Waals surface area (Å²) in [4.78, 5) is 23.4. The minimum atomic E-state index is -0.518. The standard InChI is InChI=1S/C16H20O4/c1-12(2)11-20-15(17)10-14(16(18)19-3)9-13-7-5-4-6-8-13/h4-9,12H,10-11H2,1-3H3. The highest BCUT2D eigenvalue weighted by Crippen LogP contribution is 2.12. The molecule has 0 saturated heterocycles. The third-order valence-electron chi connectivity index (χ3n) is 2.50. The predicted molar refractivity (Wildman–Crippen MR) is 76.8 cm³/mol. The SMILES string of the molecule is COC(=O)C(=Cc1ccccc1)CC(=O)OCC(C)C. The Morgan fingerprint density at radius 3 is 2.40 bits per heavy atom. The predicted octanol–water partition coefficient (Wildman–Crippen LogP) is 2.83. The summed E-state index contributed by atoms with van der Waals surface area (Å²) in [5.74, 6) is -0.680.